The maximum absolute atomic E-state index is 13.4. The normalized spacial score (nSPS) is 17.9. The second-order valence-corrected chi connectivity index (χ2v) is 8.41. The van der Waals surface area contributed by atoms with Gasteiger partial charge in [-0.25, -0.2) is 0 Å². The van der Waals surface area contributed by atoms with Crippen LogP contribution in [-0.2, 0) is 6.18 Å². The van der Waals surface area contributed by atoms with Crippen molar-refractivity contribution in [3.8, 4) is 11.4 Å². The summed E-state index contributed by atoms with van der Waals surface area (Å²) in [6, 6.07) is 21.3. The second kappa shape index (κ2) is 9.07. The molecule has 0 aliphatic carbocycles. The first kappa shape index (κ1) is 22.9. The number of nitrogens with zero attached hydrogens (tertiary/aromatic N) is 3. The number of para-hydroxylation sites is 2. The summed E-state index contributed by atoms with van der Waals surface area (Å²) in [5.74, 6) is 0.625. The lowest BCUT2D eigenvalue weighted by Gasteiger charge is -2.30. The van der Waals surface area contributed by atoms with Crippen molar-refractivity contribution in [2.24, 2.45) is 0 Å². The Morgan fingerprint density at radius 3 is 2.51 bits per heavy atom. The van der Waals surface area contributed by atoms with E-state index in [4.69, 9.17) is 17.0 Å². The number of aromatic nitrogens is 2. The first-order valence-electron chi connectivity index (χ1n) is 10.9. The molecule has 1 fully saturated rings. The number of hydrogen-bond acceptors (Lipinski definition) is 3. The average molecular weight is 495 g/mol. The van der Waals surface area contributed by atoms with Crippen molar-refractivity contribution in [2.45, 2.75) is 18.3 Å². The van der Waals surface area contributed by atoms with E-state index in [2.05, 4.69) is 10.3 Å². The highest BCUT2D eigenvalue weighted by Gasteiger charge is 2.43. The van der Waals surface area contributed by atoms with Gasteiger partial charge in [-0.2, -0.15) is 13.2 Å². The van der Waals surface area contributed by atoms with Gasteiger partial charge in [0.05, 0.1) is 30.1 Å². The minimum atomic E-state index is -4.44. The standard InChI is InChI=1S/C26H21F3N4OS/c1-34-22-13-3-2-11-20(22)33-24(23(31-25(33)35)19-10-4-5-14-30-19)21-12-7-15-32(21)18-9-6-8-17(16-18)26(27,28)29/h2-16,23-24H,1H3,(H,31,35)/t23-,24+/m0/s1. The van der Waals surface area contributed by atoms with E-state index in [1.54, 1.807) is 30.1 Å². The SMILES string of the molecule is COc1ccccc1N1C(=S)N[C@@H](c2ccccn2)[C@H]1c1cccn1-c1cccc(C(F)(F)F)c1. The molecule has 0 amide bonds. The Hall–Kier alpha value is -3.85. The van der Waals surface area contributed by atoms with E-state index in [9.17, 15) is 13.2 Å². The topological polar surface area (TPSA) is 42.3 Å². The molecule has 5 nitrogen and oxygen atoms in total. The highest BCUT2D eigenvalue weighted by Crippen LogP contribution is 2.45. The molecular formula is C26H21F3N4OS. The smallest absolute Gasteiger partial charge is 0.416 e. The minimum Gasteiger partial charge on any atom is -0.495 e. The van der Waals surface area contributed by atoms with Crippen molar-refractivity contribution in [2.75, 3.05) is 12.0 Å². The van der Waals surface area contributed by atoms with E-state index in [0.29, 0.717) is 16.5 Å². The third-order valence-electron chi connectivity index (χ3n) is 5.98. The van der Waals surface area contributed by atoms with Crippen LogP contribution >= 0.6 is 12.2 Å². The molecule has 178 valence electrons. The second-order valence-electron chi connectivity index (χ2n) is 8.02. The first-order chi connectivity index (χ1) is 16.9. The summed E-state index contributed by atoms with van der Waals surface area (Å²) in [6.07, 6.45) is -0.990. The number of pyridine rings is 1. The van der Waals surface area contributed by atoms with E-state index >= 15 is 0 Å². The van der Waals surface area contributed by atoms with Gasteiger partial charge in [-0.15, -0.1) is 0 Å². The van der Waals surface area contributed by atoms with Gasteiger partial charge in [0, 0.05) is 23.8 Å². The van der Waals surface area contributed by atoms with Gasteiger partial charge in [-0.1, -0.05) is 24.3 Å². The molecule has 0 spiro atoms. The minimum absolute atomic E-state index is 0.354. The van der Waals surface area contributed by atoms with Gasteiger partial charge in [0.15, 0.2) is 5.11 Å². The molecule has 1 N–H and O–H groups in total. The van der Waals surface area contributed by atoms with Crippen LogP contribution < -0.4 is 15.0 Å². The molecule has 9 heteroatoms. The van der Waals surface area contributed by atoms with E-state index in [1.807, 2.05) is 59.5 Å². The fraction of sp³-hybridized carbons (Fsp3) is 0.154. The lowest BCUT2D eigenvalue weighted by molar-refractivity contribution is -0.137. The van der Waals surface area contributed by atoms with Crippen LogP contribution in [0.4, 0.5) is 18.9 Å². The van der Waals surface area contributed by atoms with Crippen molar-refractivity contribution >= 4 is 23.0 Å². The molecule has 3 heterocycles. The zero-order valence-corrected chi connectivity index (χ0v) is 19.4. The van der Waals surface area contributed by atoms with Crippen LogP contribution in [0.5, 0.6) is 5.75 Å². The van der Waals surface area contributed by atoms with Gasteiger partial charge in [0.25, 0.3) is 0 Å². The van der Waals surface area contributed by atoms with Gasteiger partial charge in [-0.3, -0.25) is 4.98 Å². The molecular weight excluding hydrogens is 473 g/mol. The van der Waals surface area contributed by atoms with Crippen molar-refractivity contribution in [1.82, 2.24) is 14.9 Å². The van der Waals surface area contributed by atoms with E-state index in [0.717, 1.165) is 29.2 Å². The summed E-state index contributed by atoms with van der Waals surface area (Å²) in [5.41, 5.74) is 1.94. The fourth-order valence-electron chi connectivity index (χ4n) is 4.45. The third kappa shape index (κ3) is 4.23. The molecule has 35 heavy (non-hydrogen) atoms. The number of rotatable bonds is 5. The Bertz CT molecular complexity index is 1360. The summed E-state index contributed by atoms with van der Waals surface area (Å²) in [6.45, 7) is 0. The lowest BCUT2D eigenvalue weighted by atomic mass is 10.0. The molecule has 0 saturated carbocycles. The maximum atomic E-state index is 13.4. The molecule has 0 bridgehead atoms. The maximum Gasteiger partial charge on any atom is 0.416 e. The van der Waals surface area contributed by atoms with Crippen molar-refractivity contribution in [3.63, 3.8) is 0 Å². The van der Waals surface area contributed by atoms with Crippen LogP contribution in [0, 0.1) is 0 Å². The predicted molar refractivity (Wildman–Crippen MR) is 132 cm³/mol. The molecule has 5 rings (SSSR count). The van der Waals surface area contributed by atoms with Crippen LogP contribution in [0.15, 0.2) is 91.3 Å². The first-order valence-corrected chi connectivity index (χ1v) is 11.3. The predicted octanol–water partition coefficient (Wildman–Crippen LogP) is 6.08. The third-order valence-corrected chi connectivity index (χ3v) is 6.29. The summed E-state index contributed by atoms with van der Waals surface area (Å²) in [4.78, 5) is 6.47. The van der Waals surface area contributed by atoms with Gasteiger partial charge >= 0.3 is 6.18 Å². The molecule has 2 aromatic carbocycles. The zero-order chi connectivity index (χ0) is 24.6. The van der Waals surface area contributed by atoms with Crippen molar-refractivity contribution in [3.05, 3.63) is 108 Å². The number of nitrogens with one attached hydrogen (secondary N) is 1. The molecule has 4 aromatic rings. The number of ether oxygens (including phenoxy) is 1. The quantitative estimate of drug-likeness (QED) is 0.341. The monoisotopic (exact) mass is 494 g/mol. The Morgan fingerprint density at radius 2 is 1.77 bits per heavy atom. The van der Waals surface area contributed by atoms with Crippen molar-refractivity contribution < 1.29 is 17.9 Å². The van der Waals surface area contributed by atoms with Crippen LogP contribution in [0.3, 0.4) is 0 Å². The molecule has 1 saturated heterocycles. The molecule has 0 unspecified atom stereocenters. The summed E-state index contributed by atoms with van der Waals surface area (Å²) >= 11 is 5.76. The molecule has 1 aliphatic heterocycles. The van der Waals surface area contributed by atoms with Crippen molar-refractivity contribution in [1.29, 1.82) is 0 Å². The molecule has 2 aromatic heterocycles. The van der Waals surface area contributed by atoms with Gasteiger partial charge < -0.3 is 19.5 Å². The Labute approximate surface area is 205 Å². The zero-order valence-electron chi connectivity index (χ0n) is 18.6. The van der Waals surface area contributed by atoms with Crippen LogP contribution in [0.2, 0.25) is 0 Å². The van der Waals surface area contributed by atoms with Crippen LogP contribution in [0.25, 0.3) is 5.69 Å². The number of thiocarbonyl (C=S) groups is 1. The summed E-state index contributed by atoms with van der Waals surface area (Å²) in [7, 11) is 1.59. The van der Waals surface area contributed by atoms with Gasteiger partial charge in [-0.05, 0) is 66.8 Å². The number of alkyl halides is 3. The van der Waals surface area contributed by atoms with Gasteiger partial charge in [0.2, 0.25) is 0 Å². The number of benzene rings is 2. The number of methoxy groups -OCH3 is 1. The van der Waals surface area contributed by atoms with Crippen LogP contribution in [-0.4, -0.2) is 21.8 Å². The van der Waals surface area contributed by atoms with Crippen LogP contribution in [0.1, 0.15) is 29.0 Å². The van der Waals surface area contributed by atoms with E-state index < -0.39 is 17.8 Å². The highest BCUT2D eigenvalue weighted by molar-refractivity contribution is 7.80. The molecule has 2 atom stereocenters. The Kier molecular flexibility index (Phi) is 5.94. The fourth-order valence-corrected chi connectivity index (χ4v) is 4.78. The number of anilines is 1. The number of hydrogen-bond donors (Lipinski definition) is 1. The molecule has 1 aliphatic rings. The number of halogens is 3. The van der Waals surface area contributed by atoms with Gasteiger partial charge in [0.1, 0.15) is 11.8 Å². The Balaban J connectivity index is 1.68. The highest BCUT2D eigenvalue weighted by atomic mass is 32.1. The summed E-state index contributed by atoms with van der Waals surface area (Å²) < 4.78 is 47.7. The van der Waals surface area contributed by atoms with E-state index in [-0.39, 0.29) is 6.04 Å². The van der Waals surface area contributed by atoms with E-state index in [1.165, 1.54) is 6.07 Å². The molecule has 0 radical (unpaired) electrons. The lowest BCUT2D eigenvalue weighted by Crippen LogP contribution is -2.30. The summed E-state index contributed by atoms with van der Waals surface area (Å²) in [5, 5.41) is 3.83. The largest absolute Gasteiger partial charge is 0.495 e. The Morgan fingerprint density at radius 1 is 0.971 bits per heavy atom. The average Bonchev–Trinajstić information content (AvgIpc) is 3.48.